The van der Waals surface area contributed by atoms with E-state index in [0.717, 1.165) is 17.7 Å². The van der Waals surface area contributed by atoms with E-state index in [1.165, 1.54) is 16.7 Å². The molecule has 2 aromatic carbocycles. The van der Waals surface area contributed by atoms with Crippen LogP contribution in [0, 0.1) is 0 Å². The van der Waals surface area contributed by atoms with Crippen LogP contribution in [0.3, 0.4) is 0 Å². The van der Waals surface area contributed by atoms with Crippen molar-refractivity contribution in [1.29, 1.82) is 0 Å². The first-order valence-electron chi connectivity index (χ1n) is 6.53. The molecule has 0 radical (unpaired) electrons. The van der Waals surface area contributed by atoms with Gasteiger partial charge in [-0.2, -0.15) is 0 Å². The van der Waals surface area contributed by atoms with Gasteiger partial charge in [-0.15, -0.1) is 0 Å². The molecule has 19 heavy (non-hydrogen) atoms. The normalized spacial score (nSPS) is 18.5. The van der Waals surface area contributed by atoms with Gasteiger partial charge in [-0.05, 0) is 28.2 Å². The van der Waals surface area contributed by atoms with E-state index in [2.05, 4.69) is 49.3 Å². The summed E-state index contributed by atoms with van der Waals surface area (Å²) in [5, 5.41) is 12.6. The van der Waals surface area contributed by atoms with Crippen molar-refractivity contribution in [3.63, 3.8) is 0 Å². The molecule has 96 valence electrons. The summed E-state index contributed by atoms with van der Waals surface area (Å²) < 4.78 is 0. The Morgan fingerprint density at radius 1 is 1.00 bits per heavy atom. The summed E-state index contributed by atoms with van der Waals surface area (Å²) in [5.74, 6) is 0. The van der Waals surface area contributed by atoms with Gasteiger partial charge in [-0.1, -0.05) is 61.5 Å². The SMILES string of the molecule is CC1(C)CC(=NO)c2ccc(-c3ccccc3)cc21. The average Bonchev–Trinajstić information content (AvgIpc) is 2.71. The van der Waals surface area contributed by atoms with Gasteiger partial charge in [0.1, 0.15) is 0 Å². The van der Waals surface area contributed by atoms with E-state index in [-0.39, 0.29) is 5.41 Å². The molecule has 1 aliphatic rings. The summed E-state index contributed by atoms with van der Waals surface area (Å²) in [7, 11) is 0. The van der Waals surface area contributed by atoms with Gasteiger partial charge in [-0.3, -0.25) is 0 Å². The van der Waals surface area contributed by atoms with E-state index < -0.39 is 0 Å². The molecule has 0 atom stereocenters. The number of hydrogen-bond acceptors (Lipinski definition) is 2. The van der Waals surface area contributed by atoms with Gasteiger partial charge in [0.15, 0.2) is 0 Å². The Morgan fingerprint density at radius 2 is 1.74 bits per heavy atom. The molecule has 0 saturated heterocycles. The Morgan fingerprint density at radius 3 is 2.42 bits per heavy atom. The molecule has 2 aromatic rings. The molecular weight excluding hydrogens is 234 g/mol. The number of oxime groups is 1. The van der Waals surface area contributed by atoms with Crippen molar-refractivity contribution in [3.8, 4) is 11.1 Å². The van der Waals surface area contributed by atoms with E-state index in [0.29, 0.717) is 0 Å². The smallest absolute Gasteiger partial charge is 0.0879 e. The van der Waals surface area contributed by atoms with E-state index in [1.54, 1.807) is 0 Å². The molecule has 1 N–H and O–H groups in total. The van der Waals surface area contributed by atoms with Crippen LogP contribution in [0.5, 0.6) is 0 Å². The third-order valence-corrected chi connectivity index (χ3v) is 3.90. The number of fused-ring (bicyclic) bond motifs is 1. The predicted octanol–water partition coefficient (Wildman–Crippen LogP) is 4.21. The molecule has 0 aliphatic heterocycles. The monoisotopic (exact) mass is 251 g/mol. The maximum atomic E-state index is 9.12. The third-order valence-electron chi connectivity index (χ3n) is 3.90. The Balaban J connectivity index is 2.15. The third kappa shape index (κ3) is 1.93. The van der Waals surface area contributed by atoms with E-state index >= 15 is 0 Å². The fraction of sp³-hybridized carbons (Fsp3) is 0.235. The first-order chi connectivity index (χ1) is 9.12. The van der Waals surface area contributed by atoms with Gasteiger partial charge >= 0.3 is 0 Å². The second-order valence-corrected chi connectivity index (χ2v) is 5.73. The van der Waals surface area contributed by atoms with Crippen LogP contribution in [0.4, 0.5) is 0 Å². The molecule has 2 heteroatoms. The van der Waals surface area contributed by atoms with Crippen LogP contribution in [-0.2, 0) is 5.41 Å². The van der Waals surface area contributed by atoms with Gasteiger partial charge in [-0.25, -0.2) is 0 Å². The fourth-order valence-corrected chi connectivity index (χ4v) is 2.86. The fourth-order valence-electron chi connectivity index (χ4n) is 2.86. The van der Waals surface area contributed by atoms with Crippen molar-refractivity contribution in [3.05, 3.63) is 59.7 Å². The van der Waals surface area contributed by atoms with Crippen molar-refractivity contribution in [2.24, 2.45) is 5.16 Å². The second-order valence-electron chi connectivity index (χ2n) is 5.73. The Kier molecular flexibility index (Phi) is 2.67. The van der Waals surface area contributed by atoms with Crippen molar-refractivity contribution < 1.29 is 5.21 Å². The lowest BCUT2D eigenvalue weighted by Crippen LogP contribution is -2.12. The Hall–Kier alpha value is -2.09. The first-order valence-corrected chi connectivity index (χ1v) is 6.53. The molecule has 0 amide bonds. The minimum Gasteiger partial charge on any atom is -0.411 e. The molecule has 0 fully saturated rings. The second kappa shape index (κ2) is 4.23. The highest BCUT2D eigenvalue weighted by molar-refractivity contribution is 6.06. The van der Waals surface area contributed by atoms with Crippen LogP contribution in [-0.4, -0.2) is 10.9 Å². The summed E-state index contributed by atoms with van der Waals surface area (Å²) in [4.78, 5) is 0. The van der Waals surface area contributed by atoms with Crippen molar-refractivity contribution in [1.82, 2.24) is 0 Å². The van der Waals surface area contributed by atoms with Crippen LogP contribution < -0.4 is 0 Å². The molecule has 0 spiro atoms. The van der Waals surface area contributed by atoms with E-state index in [1.807, 2.05) is 18.2 Å². The van der Waals surface area contributed by atoms with Crippen molar-refractivity contribution in [2.45, 2.75) is 25.7 Å². The summed E-state index contributed by atoms with van der Waals surface area (Å²) >= 11 is 0. The highest BCUT2D eigenvalue weighted by atomic mass is 16.4. The molecule has 0 bridgehead atoms. The number of rotatable bonds is 1. The quantitative estimate of drug-likeness (QED) is 0.597. The van der Waals surface area contributed by atoms with Crippen LogP contribution in [0.25, 0.3) is 11.1 Å². The van der Waals surface area contributed by atoms with Gasteiger partial charge in [0.25, 0.3) is 0 Å². The molecule has 1 aliphatic carbocycles. The number of hydrogen-bond donors (Lipinski definition) is 1. The molecule has 0 unspecified atom stereocenters. The lowest BCUT2D eigenvalue weighted by molar-refractivity contribution is 0.317. The summed E-state index contributed by atoms with van der Waals surface area (Å²) in [6.45, 7) is 4.39. The van der Waals surface area contributed by atoms with Crippen LogP contribution in [0.15, 0.2) is 53.7 Å². The van der Waals surface area contributed by atoms with Gasteiger partial charge in [0, 0.05) is 12.0 Å². The molecule has 2 nitrogen and oxygen atoms in total. The van der Waals surface area contributed by atoms with Crippen molar-refractivity contribution in [2.75, 3.05) is 0 Å². The zero-order chi connectivity index (χ0) is 13.5. The highest BCUT2D eigenvalue weighted by Crippen LogP contribution is 2.40. The van der Waals surface area contributed by atoms with Crippen LogP contribution >= 0.6 is 0 Å². The predicted molar refractivity (Wildman–Crippen MR) is 77.8 cm³/mol. The number of nitrogens with zero attached hydrogens (tertiary/aromatic N) is 1. The molecular formula is C17H17NO. The zero-order valence-corrected chi connectivity index (χ0v) is 11.2. The first kappa shape index (κ1) is 12.0. The molecule has 0 heterocycles. The van der Waals surface area contributed by atoms with Gasteiger partial charge < -0.3 is 5.21 Å². The minimum absolute atomic E-state index is 0.0295. The topological polar surface area (TPSA) is 32.6 Å². The van der Waals surface area contributed by atoms with Crippen molar-refractivity contribution >= 4 is 5.71 Å². The van der Waals surface area contributed by atoms with Crippen LogP contribution in [0.2, 0.25) is 0 Å². The molecule has 3 rings (SSSR count). The van der Waals surface area contributed by atoms with E-state index in [9.17, 15) is 0 Å². The largest absolute Gasteiger partial charge is 0.411 e. The maximum Gasteiger partial charge on any atom is 0.0879 e. The standard InChI is InChI=1S/C17H17NO/c1-17(2)11-16(18-19)14-9-8-13(10-15(14)17)12-6-4-3-5-7-12/h3-10,19H,11H2,1-2H3. The summed E-state index contributed by atoms with van der Waals surface area (Å²) in [6, 6.07) is 16.8. The number of benzene rings is 2. The zero-order valence-electron chi connectivity index (χ0n) is 11.2. The Bertz CT molecular complexity index is 642. The Labute approximate surface area is 113 Å². The molecule has 0 aromatic heterocycles. The maximum absolute atomic E-state index is 9.12. The lowest BCUT2D eigenvalue weighted by Gasteiger charge is -2.18. The van der Waals surface area contributed by atoms with Gasteiger partial charge in [0.2, 0.25) is 0 Å². The summed E-state index contributed by atoms with van der Waals surface area (Å²) in [5.41, 5.74) is 5.59. The minimum atomic E-state index is 0.0295. The average molecular weight is 251 g/mol. The summed E-state index contributed by atoms with van der Waals surface area (Å²) in [6.07, 6.45) is 0.789. The lowest BCUT2D eigenvalue weighted by atomic mass is 9.85. The van der Waals surface area contributed by atoms with Crippen LogP contribution in [0.1, 0.15) is 31.4 Å². The molecule has 0 saturated carbocycles. The van der Waals surface area contributed by atoms with Gasteiger partial charge in [0.05, 0.1) is 5.71 Å². The highest BCUT2D eigenvalue weighted by Gasteiger charge is 2.34. The van der Waals surface area contributed by atoms with E-state index in [4.69, 9.17) is 5.21 Å².